The highest BCUT2D eigenvalue weighted by atomic mass is 35.5. The Morgan fingerprint density at radius 3 is 1.75 bits per heavy atom. The number of hydrogen-bond acceptors (Lipinski definition) is 16. The van der Waals surface area contributed by atoms with Crippen LogP contribution in [-0.2, 0) is 9.53 Å². The van der Waals surface area contributed by atoms with Crippen molar-refractivity contribution in [2.24, 2.45) is 0 Å². The van der Waals surface area contributed by atoms with E-state index in [0.717, 1.165) is 33.0 Å². The predicted octanol–water partition coefficient (Wildman–Crippen LogP) is 9.44. The number of aliphatic hydroxyl groups is 1. The van der Waals surface area contributed by atoms with E-state index in [0.29, 0.717) is 29.8 Å². The quantitative estimate of drug-likeness (QED) is 0.0330. The first-order valence-corrected chi connectivity index (χ1v) is 23.0. The number of rotatable bonds is 16. The molecule has 0 spiro atoms. The highest BCUT2D eigenvalue weighted by molar-refractivity contribution is 8.77. The molecule has 1 aromatic carbocycles. The van der Waals surface area contributed by atoms with Gasteiger partial charge < -0.3 is 14.7 Å². The van der Waals surface area contributed by atoms with Crippen LogP contribution in [0.4, 0.5) is 4.79 Å². The molecule has 0 aliphatic rings. The van der Waals surface area contributed by atoms with Crippen LogP contribution in [0.1, 0.15) is 12.8 Å². The van der Waals surface area contributed by atoms with Gasteiger partial charge in [-0.15, -0.1) is 28.3 Å². The molecule has 4 aromatic heterocycles. The molecule has 0 amide bonds. The molecule has 274 valence electrons. The summed E-state index contributed by atoms with van der Waals surface area (Å²) in [4.78, 5) is 40.9. The minimum absolute atomic E-state index is 0.194. The van der Waals surface area contributed by atoms with Crippen molar-refractivity contribution < 1.29 is 24.3 Å². The van der Waals surface area contributed by atoms with Gasteiger partial charge in [-0.1, -0.05) is 67.6 Å². The number of hydrogen-bond donors (Lipinski definition) is 1. The van der Waals surface area contributed by atoms with Gasteiger partial charge >= 0.3 is 11.4 Å². The average molecular weight is 868 g/mol. The minimum Gasteiger partial charge on any atom is -0.453 e. The number of para-hydroxylation sites is 1. The number of aliphatic hydroxyl groups excluding tert-OH is 1. The van der Waals surface area contributed by atoms with E-state index in [-0.39, 0.29) is 17.9 Å². The minimum atomic E-state index is -0.756. The lowest BCUT2D eigenvalue weighted by Gasteiger charge is -2.03. The summed E-state index contributed by atoms with van der Waals surface area (Å²) < 4.78 is 4.55. The van der Waals surface area contributed by atoms with Crippen molar-refractivity contribution in [3.8, 4) is 0 Å². The molecule has 4 heterocycles. The number of carbonyl (C=O) groups is 2. The number of aromatic nitrogens is 6. The highest BCUT2D eigenvalue weighted by Gasteiger charge is 2.10. The zero-order valence-electron chi connectivity index (χ0n) is 26.7. The summed E-state index contributed by atoms with van der Waals surface area (Å²) in [6.07, 6.45) is 6.34. The van der Waals surface area contributed by atoms with Gasteiger partial charge in [0.05, 0.1) is 11.9 Å². The lowest BCUT2D eigenvalue weighted by atomic mass is 10.3. The number of alkyl halides is 2. The van der Waals surface area contributed by atoms with Crippen LogP contribution in [0.3, 0.4) is 0 Å². The molecule has 0 saturated heterocycles. The van der Waals surface area contributed by atoms with Crippen LogP contribution in [-0.4, -0.2) is 82.4 Å². The number of halogens is 3. The van der Waals surface area contributed by atoms with Crippen molar-refractivity contribution in [3.05, 3.63) is 97.5 Å². The molecule has 0 radical (unpaired) electrons. The van der Waals surface area contributed by atoms with Crippen LogP contribution in [0.15, 0.2) is 113 Å². The van der Waals surface area contributed by atoms with Crippen LogP contribution in [0.2, 0.25) is 0 Å². The average Bonchev–Trinajstić information content (AvgIpc) is 3.56. The molecular weight excluding hydrogens is 835 g/mol. The van der Waals surface area contributed by atoms with E-state index in [1.165, 1.54) is 4.85 Å². The summed E-state index contributed by atoms with van der Waals surface area (Å²) in [5.74, 6) is 1.97. The topological polar surface area (TPSA) is 142 Å². The zero-order valence-corrected chi connectivity index (χ0v) is 33.9. The van der Waals surface area contributed by atoms with Crippen LogP contribution < -0.4 is 4.84 Å². The predicted molar refractivity (Wildman–Crippen MR) is 217 cm³/mol. The Labute approximate surface area is 335 Å². The Balaban J connectivity index is 0.000000275. The SMILES string of the molecule is ClCCl.O=C(CCCSSc1ccccn1)On1nnc2ccccc21.O=C(Cl)OCCSSc1ccccn1.OCCSSc1ccccn1. The first kappa shape index (κ1) is 45.1. The van der Waals surface area contributed by atoms with E-state index in [9.17, 15) is 9.59 Å². The standard InChI is InChI=1S/C15H14N4O2S2.C8H8ClNO2S2.C7H9NOS2.CH2Cl2/c20-15(9-5-11-22-23-14-8-3-4-10-16-14)21-19-13-7-2-1-6-12(13)17-18-19;9-8(11)12-5-6-13-14-7-3-1-2-4-10-7;9-5-6-10-11-7-3-1-2-4-8-7;2-1-3/h1-4,6-8,10H,5,9,11H2;1-4H,5-6H2;1-4,9H,5-6H2;1H2. The molecule has 20 heteroatoms. The van der Waals surface area contributed by atoms with Crippen molar-refractivity contribution in [2.75, 3.05) is 35.8 Å². The van der Waals surface area contributed by atoms with Gasteiger partial charge in [0.1, 0.15) is 32.7 Å². The number of fused-ring (bicyclic) bond motifs is 1. The number of ether oxygens (including phenoxy) is 1. The molecular formula is C31H33Cl3N6O5S6. The molecule has 0 aliphatic heterocycles. The summed E-state index contributed by atoms with van der Waals surface area (Å²) >= 11 is 14.5. The molecule has 0 aliphatic carbocycles. The maximum Gasteiger partial charge on any atom is 0.403 e. The van der Waals surface area contributed by atoms with Gasteiger partial charge in [0.15, 0.2) is 0 Å². The zero-order chi connectivity index (χ0) is 36.8. The Hall–Kier alpha value is -2.06. The molecule has 0 unspecified atom stereocenters. The third-order valence-electron chi connectivity index (χ3n) is 5.02. The van der Waals surface area contributed by atoms with Gasteiger partial charge in [-0.25, -0.2) is 24.5 Å². The van der Waals surface area contributed by atoms with E-state index < -0.39 is 5.43 Å². The Bertz CT molecular complexity index is 1630. The summed E-state index contributed by atoms with van der Waals surface area (Å²) in [5, 5.41) is 19.3. The largest absolute Gasteiger partial charge is 0.453 e. The second-order valence-electron chi connectivity index (χ2n) is 8.65. The van der Waals surface area contributed by atoms with Gasteiger partial charge in [-0.05, 0) is 92.5 Å². The van der Waals surface area contributed by atoms with Crippen molar-refractivity contribution in [2.45, 2.75) is 27.9 Å². The first-order chi connectivity index (χ1) is 25.0. The monoisotopic (exact) mass is 866 g/mol. The second kappa shape index (κ2) is 30.4. The molecule has 1 N–H and O–H groups in total. The van der Waals surface area contributed by atoms with Gasteiger partial charge in [0.2, 0.25) is 0 Å². The van der Waals surface area contributed by atoms with Crippen LogP contribution >= 0.6 is 99.6 Å². The third kappa shape index (κ3) is 22.6. The van der Waals surface area contributed by atoms with E-state index in [2.05, 4.69) is 30.0 Å². The van der Waals surface area contributed by atoms with E-state index in [1.807, 2.05) is 78.9 Å². The van der Waals surface area contributed by atoms with Crippen LogP contribution in [0.5, 0.6) is 0 Å². The smallest absolute Gasteiger partial charge is 0.403 e. The number of benzene rings is 1. The number of carbonyl (C=O) groups excluding carboxylic acids is 2. The van der Waals surface area contributed by atoms with Crippen molar-refractivity contribution in [3.63, 3.8) is 0 Å². The van der Waals surface area contributed by atoms with Crippen molar-refractivity contribution in [1.82, 2.24) is 30.1 Å². The lowest BCUT2D eigenvalue weighted by Crippen LogP contribution is -2.20. The van der Waals surface area contributed by atoms with Crippen molar-refractivity contribution >= 4 is 122 Å². The maximum atomic E-state index is 11.8. The van der Waals surface area contributed by atoms with Gasteiger partial charge in [0.25, 0.3) is 0 Å². The fourth-order valence-corrected chi connectivity index (χ4v) is 8.42. The van der Waals surface area contributed by atoms with Crippen LogP contribution in [0.25, 0.3) is 11.0 Å². The number of nitrogens with zero attached hydrogens (tertiary/aromatic N) is 6. The highest BCUT2D eigenvalue weighted by Crippen LogP contribution is 2.30. The molecule has 11 nitrogen and oxygen atoms in total. The van der Waals surface area contributed by atoms with Crippen LogP contribution in [0, 0.1) is 0 Å². The first-order valence-electron chi connectivity index (χ1n) is 14.6. The second-order valence-corrected chi connectivity index (χ2v) is 17.1. The summed E-state index contributed by atoms with van der Waals surface area (Å²) in [6, 6.07) is 24.6. The Kier molecular flexibility index (Phi) is 26.9. The molecule has 0 saturated carbocycles. The van der Waals surface area contributed by atoms with Gasteiger partial charge in [-0.2, -0.15) is 0 Å². The molecule has 51 heavy (non-hydrogen) atoms. The maximum absolute atomic E-state index is 11.8. The normalized spacial score (nSPS) is 10.0. The van der Waals surface area contributed by atoms with Gasteiger partial charge in [0, 0.05) is 53.9 Å². The van der Waals surface area contributed by atoms with E-state index >= 15 is 0 Å². The molecule has 5 aromatic rings. The molecule has 0 fully saturated rings. The summed E-state index contributed by atoms with van der Waals surface area (Å²) in [7, 11) is 9.59. The third-order valence-corrected chi connectivity index (χ3v) is 12.0. The van der Waals surface area contributed by atoms with E-state index in [4.69, 9.17) is 44.7 Å². The molecule has 5 rings (SSSR count). The molecule has 0 bridgehead atoms. The number of pyridine rings is 3. The fourth-order valence-electron chi connectivity index (χ4n) is 3.02. The lowest BCUT2D eigenvalue weighted by molar-refractivity contribution is -0.145. The van der Waals surface area contributed by atoms with E-state index in [1.54, 1.807) is 83.4 Å². The Morgan fingerprint density at radius 2 is 1.24 bits per heavy atom. The Morgan fingerprint density at radius 1 is 0.725 bits per heavy atom. The summed E-state index contributed by atoms with van der Waals surface area (Å²) in [5.41, 5.74) is 0.622. The summed E-state index contributed by atoms with van der Waals surface area (Å²) in [6.45, 7) is 0.553. The van der Waals surface area contributed by atoms with Crippen molar-refractivity contribution in [1.29, 1.82) is 0 Å². The fraction of sp³-hybridized carbons (Fsp3) is 0.258. The molecule has 0 atom stereocenters. The van der Waals surface area contributed by atoms with Gasteiger partial charge in [-0.3, -0.25) is 0 Å².